The fraction of sp³-hybridized carbons (Fsp3) is 0.417. The molecule has 0 unspecified atom stereocenters. The Balaban J connectivity index is 1.31. The van der Waals surface area contributed by atoms with Crippen molar-refractivity contribution >= 4 is 23.6 Å². The lowest BCUT2D eigenvalue weighted by Gasteiger charge is -2.26. The molecule has 1 saturated heterocycles. The smallest absolute Gasteiger partial charge is 0.339 e. The molecule has 1 fully saturated rings. The maximum Gasteiger partial charge on any atom is 0.339 e. The summed E-state index contributed by atoms with van der Waals surface area (Å²) in [5.74, 6) is 0.0745. The van der Waals surface area contributed by atoms with Gasteiger partial charge >= 0.3 is 5.97 Å². The fourth-order valence-electron chi connectivity index (χ4n) is 4.07. The standard InChI is InChI=1S/C24H27NO4S/c26-23(25-21-12-5-8-17-7-1-2-10-19(17)21)15-29-24(27)20-11-3-4-13-22(20)30-16-18-9-6-14-28-18/h1-4,7,10-11,13,18,21H,5-6,8-9,12,14-16H2,(H,25,26)/t18-,21+/m0/s1. The highest BCUT2D eigenvalue weighted by Gasteiger charge is 2.23. The van der Waals surface area contributed by atoms with Crippen molar-refractivity contribution in [3.05, 3.63) is 65.2 Å². The van der Waals surface area contributed by atoms with E-state index in [9.17, 15) is 9.59 Å². The third-order valence-corrected chi connectivity index (χ3v) is 6.80. The Morgan fingerprint density at radius 3 is 2.77 bits per heavy atom. The molecule has 1 aliphatic carbocycles. The number of benzene rings is 2. The molecule has 0 aromatic heterocycles. The van der Waals surface area contributed by atoms with Crippen LogP contribution in [0, 0.1) is 0 Å². The van der Waals surface area contributed by atoms with Gasteiger partial charge in [-0.15, -0.1) is 11.8 Å². The van der Waals surface area contributed by atoms with Crippen LogP contribution in [0.1, 0.15) is 53.2 Å². The summed E-state index contributed by atoms with van der Waals surface area (Å²) in [6.07, 6.45) is 5.37. The van der Waals surface area contributed by atoms with E-state index in [1.165, 1.54) is 11.1 Å². The van der Waals surface area contributed by atoms with Crippen molar-refractivity contribution in [2.45, 2.75) is 49.1 Å². The number of rotatable bonds is 7. The van der Waals surface area contributed by atoms with E-state index in [0.29, 0.717) is 5.56 Å². The highest BCUT2D eigenvalue weighted by atomic mass is 32.2. The first kappa shape index (κ1) is 20.9. The van der Waals surface area contributed by atoms with Gasteiger partial charge in [0.2, 0.25) is 0 Å². The van der Waals surface area contributed by atoms with Crippen LogP contribution in [0.5, 0.6) is 0 Å². The lowest BCUT2D eigenvalue weighted by atomic mass is 9.88. The third kappa shape index (κ3) is 5.24. The van der Waals surface area contributed by atoms with Gasteiger partial charge in [-0.2, -0.15) is 0 Å². The minimum Gasteiger partial charge on any atom is -0.452 e. The summed E-state index contributed by atoms with van der Waals surface area (Å²) < 4.78 is 11.0. The van der Waals surface area contributed by atoms with Gasteiger partial charge < -0.3 is 14.8 Å². The van der Waals surface area contributed by atoms with E-state index < -0.39 is 5.97 Å². The predicted molar refractivity (Wildman–Crippen MR) is 117 cm³/mol. The topological polar surface area (TPSA) is 64.6 Å². The second-order valence-corrected chi connectivity index (χ2v) is 8.79. The summed E-state index contributed by atoms with van der Waals surface area (Å²) in [5, 5.41) is 3.02. The highest BCUT2D eigenvalue weighted by Crippen LogP contribution is 2.29. The van der Waals surface area contributed by atoms with Gasteiger partial charge in [-0.1, -0.05) is 36.4 Å². The molecule has 5 nitrogen and oxygen atoms in total. The van der Waals surface area contributed by atoms with Crippen molar-refractivity contribution in [1.82, 2.24) is 5.32 Å². The van der Waals surface area contributed by atoms with Crippen LogP contribution in [0.15, 0.2) is 53.4 Å². The largest absolute Gasteiger partial charge is 0.452 e. The zero-order valence-corrected chi connectivity index (χ0v) is 17.8. The quantitative estimate of drug-likeness (QED) is 0.529. The molecule has 0 radical (unpaired) electrons. The number of hydrogen-bond acceptors (Lipinski definition) is 5. The molecule has 0 bridgehead atoms. The molecule has 0 spiro atoms. The number of esters is 1. The van der Waals surface area contributed by atoms with Gasteiger partial charge in [0.1, 0.15) is 0 Å². The SMILES string of the molecule is O=C(COC(=O)c1ccccc1SC[C@@H]1CCCO1)N[C@@H]1CCCc2ccccc21. The molecule has 0 saturated carbocycles. The van der Waals surface area contributed by atoms with Crippen molar-refractivity contribution in [3.8, 4) is 0 Å². The molecule has 1 amide bonds. The Morgan fingerprint density at radius 2 is 1.90 bits per heavy atom. The van der Waals surface area contributed by atoms with Crippen molar-refractivity contribution in [2.24, 2.45) is 0 Å². The normalized spacial score (nSPS) is 20.4. The second-order valence-electron chi connectivity index (χ2n) is 7.73. The molecule has 1 heterocycles. The van der Waals surface area contributed by atoms with Crippen LogP contribution >= 0.6 is 11.8 Å². The number of hydrogen-bond donors (Lipinski definition) is 1. The van der Waals surface area contributed by atoms with Gasteiger partial charge in [-0.3, -0.25) is 4.79 Å². The molecular formula is C24H27NO4S. The van der Waals surface area contributed by atoms with E-state index in [1.807, 2.05) is 30.3 Å². The van der Waals surface area contributed by atoms with Crippen molar-refractivity contribution in [3.63, 3.8) is 0 Å². The molecule has 158 valence electrons. The predicted octanol–water partition coefficient (Wildman–Crippen LogP) is 4.31. The zero-order valence-electron chi connectivity index (χ0n) is 17.0. The van der Waals surface area contributed by atoms with Crippen LogP contribution in [-0.2, 0) is 20.7 Å². The molecule has 30 heavy (non-hydrogen) atoms. The van der Waals surface area contributed by atoms with E-state index in [4.69, 9.17) is 9.47 Å². The van der Waals surface area contributed by atoms with Crippen LogP contribution in [0.4, 0.5) is 0 Å². The van der Waals surface area contributed by atoms with E-state index in [-0.39, 0.29) is 24.7 Å². The van der Waals surface area contributed by atoms with Gasteiger partial charge in [0, 0.05) is 17.3 Å². The molecule has 2 aliphatic rings. The monoisotopic (exact) mass is 425 g/mol. The molecule has 2 aromatic rings. The maximum atomic E-state index is 12.6. The molecule has 2 atom stereocenters. The lowest BCUT2D eigenvalue weighted by Crippen LogP contribution is -2.34. The number of nitrogens with one attached hydrogen (secondary N) is 1. The molecule has 2 aromatic carbocycles. The van der Waals surface area contributed by atoms with Crippen LogP contribution in [0.3, 0.4) is 0 Å². The number of carbonyl (C=O) groups is 2. The molecule has 1 aliphatic heterocycles. The number of aryl methyl sites for hydroxylation is 1. The Bertz CT molecular complexity index is 894. The van der Waals surface area contributed by atoms with Gasteiger partial charge in [0.15, 0.2) is 6.61 Å². The number of fused-ring (bicyclic) bond motifs is 1. The van der Waals surface area contributed by atoms with Gasteiger partial charge in [-0.25, -0.2) is 4.79 Å². The van der Waals surface area contributed by atoms with E-state index in [1.54, 1.807) is 17.8 Å². The maximum absolute atomic E-state index is 12.6. The number of carbonyl (C=O) groups excluding carboxylic acids is 2. The van der Waals surface area contributed by atoms with Crippen LogP contribution in [-0.4, -0.2) is 36.9 Å². The summed E-state index contributed by atoms with van der Waals surface area (Å²) in [6, 6.07) is 15.5. The molecule has 6 heteroatoms. The third-order valence-electron chi connectivity index (χ3n) is 5.59. The van der Waals surface area contributed by atoms with Crippen molar-refractivity contribution < 1.29 is 19.1 Å². The summed E-state index contributed by atoms with van der Waals surface area (Å²) in [6.45, 7) is 0.539. The number of amides is 1. The van der Waals surface area contributed by atoms with E-state index >= 15 is 0 Å². The Labute approximate surface area is 181 Å². The summed E-state index contributed by atoms with van der Waals surface area (Å²) >= 11 is 1.60. The highest BCUT2D eigenvalue weighted by molar-refractivity contribution is 7.99. The Hall–Kier alpha value is -2.31. The minimum atomic E-state index is -0.468. The summed E-state index contributed by atoms with van der Waals surface area (Å²) in [7, 11) is 0. The van der Waals surface area contributed by atoms with E-state index in [2.05, 4.69) is 17.4 Å². The second kappa shape index (κ2) is 10.1. The van der Waals surface area contributed by atoms with Crippen LogP contribution in [0.25, 0.3) is 0 Å². The number of ether oxygens (including phenoxy) is 2. The van der Waals surface area contributed by atoms with Gasteiger partial charge in [0.25, 0.3) is 5.91 Å². The lowest BCUT2D eigenvalue weighted by molar-refractivity contribution is -0.125. The van der Waals surface area contributed by atoms with Gasteiger partial charge in [-0.05, 0) is 55.4 Å². The first-order valence-electron chi connectivity index (χ1n) is 10.6. The average molecular weight is 426 g/mol. The Kier molecular flexibility index (Phi) is 7.07. The fourth-order valence-corrected chi connectivity index (χ4v) is 5.18. The average Bonchev–Trinajstić information content (AvgIpc) is 3.30. The Morgan fingerprint density at radius 1 is 1.07 bits per heavy atom. The molecular weight excluding hydrogens is 398 g/mol. The van der Waals surface area contributed by atoms with Crippen LogP contribution < -0.4 is 5.32 Å². The zero-order chi connectivity index (χ0) is 20.8. The first-order valence-corrected chi connectivity index (χ1v) is 11.6. The van der Waals surface area contributed by atoms with Crippen molar-refractivity contribution in [1.29, 1.82) is 0 Å². The first-order chi connectivity index (χ1) is 14.7. The molecule has 1 N–H and O–H groups in total. The van der Waals surface area contributed by atoms with Crippen LogP contribution in [0.2, 0.25) is 0 Å². The summed E-state index contributed by atoms with van der Waals surface area (Å²) in [5.41, 5.74) is 2.94. The minimum absolute atomic E-state index is 0.0181. The number of thioether (sulfide) groups is 1. The summed E-state index contributed by atoms with van der Waals surface area (Å²) in [4.78, 5) is 25.9. The van der Waals surface area contributed by atoms with E-state index in [0.717, 1.165) is 49.4 Å². The van der Waals surface area contributed by atoms with Gasteiger partial charge in [0.05, 0.1) is 17.7 Å². The molecule has 4 rings (SSSR count). The van der Waals surface area contributed by atoms with Crippen molar-refractivity contribution in [2.75, 3.05) is 19.0 Å².